The average Bonchev–Trinajstić information content (AvgIpc) is 2.23. The third-order valence-electron chi connectivity index (χ3n) is 2.51. The Morgan fingerprint density at radius 1 is 0.947 bits per heavy atom. The summed E-state index contributed by atoms with van der Waals surface area (Å²) in [6.07, 6.45) is 0. The maximum atomic E-state index is 3.50. The monoisotopic (exact) mass is 286 g/mol. The van der Waals surface area contributed by atoms with E-state index >= 15 is 0 Å². The number of hydrogen-bond acceptors (Lipinski definition) is 0. The number of rotatable bonds is 2. The lowest BCUT2D eigenvalue weighted by Crippen LogP contribution is -2.18. The normalized spacial score (nSPS) is 12.9. The van der Waals surface area contributed by atoms with Crippen LogP contribution in [0.2, 0.25) is 39.3 Å². The first-order valence-electron chi connectivity index (χ1n) is 6.90. The molecule has 0 saturated carbocycles. The molecule has 0 heterocycles. The summed E-state index contributed by atoms with van der Waals surface area (Å²) in [6.45, 7) is 16.1. The van der Waals surface area contributed by atoms with Gasteiger partial charge in [0.25, 0.3) is 0 Å². The van der Waals surface area contributed by atoms with Crippen molar-refractivity contribution in [2.24, 2.45) is 0 Å². The van der Waals surface area contributed by atoms with Crippen molar-refractivity contribution in [3.05, 3.63) is 41.1 Å². The molecule has 19 heavy (non-hydrogen) atoms. The van der Waals surface area contributed by atoms with E-state index in [1.165, 1.54) is 16.7 Å². The topological polar surface area (TPSA) is 0 Å². The molecule has 2 heteroatoms. The van der Waals surface area contributed by atoms with Gasteiger partial charge in [-0.2, -0.15) is 0 Å². The fourth-order valence-corrected chi connectivity index (χ4v) is 3.23. The standard InChI is InChI=1S/C17H26Si2/c1-15-8-10-16(11-9-15)17(14-19(5,6)7)12-13-18(2,3)4/h8-11,14H,1-7H3/b17-14+. The SMILES string of the molecule is Cc1ccc(/C(C#C[Si](C)(C)C)=C/[Si](C)(C)C)cc1. The van der Waals surface area contributed by atoms with Crippen LogP contribution in [0.15, 0.2) is 30.0 Å². The Hall–Kier alpha value is -1.05. The lowest BCUT2D eigenvalue weighted by Gasteiger charge is -2.12. The highest BCUT2D eigenvalue weighted by Crippen LogP contribution is 2.18. The third kappa shape index (κ3) is 6.61. The van der Waals surface area contributed by atoms with Crippen LogP contribution in [0.25, 0.3) is 5.57 Å². The van der Waals surface area contributed by atoms with Crippen LogP contribution in [0, 0.1) is 18.4 Å². The van der Waals surface area contributed by atoms with E-state index in [1.807, 2.05) is 0 Å². The minimum Gasteiger partial charge on any atom is -0.127 e. The average molecular weight is 287 g/mol. The second-order valence-electron chi connectivity index (χ2n) is 7.29. The van der Waals surface area contributed by atoms with Gasteiger partial charge in [0.15, 0.2) is 0 Å². The zero-order chi connectivity index (χ0) is 14.7. The Bertz CT molecular complexity index is 512. The van der Waals surface area contributed by atoms with Crippen molar-refractivity contribution in [3.63, 3.8) is 0 Å². The Kier molecular flexibility index (Phi) is 5.00. The van der Waals surface area contributed by atoms with Gasteiger partial charge in [-0.05, 0) is 12.5 Å². The van der Waals surface area contributed by atoms with E-state index in [4.69, 9.17) is 0 Å². The van der Waals surface area contributed by atoms with E-state index in [9.17, 15) is 0 Å². The van der Waals surface area contributed by atoms with E-state index in [2.05, 4.69) is 87.6 Å². The van der Waals surface area contributed by atoms with Crippen molar-refractivity contribution >= 4 is 21.7 Å². The smallest absolute Gasteiger partial charge is 0.127 e. The van der Waals surface area contributed by atoms with Gasteiger partial charge >= 0.3 is 0 Å². The summed E-state index contributed by atoms with van der Waals surface area (Å²) >= 11 is 0. The van der Waals surface area contributed by atoms with Crippen LogP contribution in [0.1, 0.15) is 11.1 Å². The summed E-state index contributed by atoms with van der Waals surface area (Å²) < 4.78 is 0. The van der Waals surface area contributed by atoms with Crippen LogP contribution >= 0.6 is 0 Å². The van der Waals surface area contributed by atoms with Gasteiger partial charge < -0.3 is 0 Å². The molecule has 0 spiro atoms. The predicted molar refractivity (Wildman–Crippen MR) is 93.6 cm³/mol. The van der Waals surface area contributed by atoms with Crippen molar-refractivity contribution in [2.45, 2.75) is 46.2 Å². The molecule has 1 aromatic rings. The Balaban J connectivity index is 3.24. The van der Waals surface area contributed by atoms with Crippen LogP contribution in [0.3, 0.4) is 0 Å². The van der Waals surface area contributed by atoms with Gasteiger partial charge in [-0.15, -0.1) is 5.54 Å². The molecular formula is C17H26Si2. The van der Waals surface area contributed by atoms with Crippen LogP contribution in [0.4, 0.5) is 0 Å². The van der Waals surface area contributed by atoms with E-state index in [0.29, 0.717) is 0 Å². The van der Waals surface area contributed by atoms with Gasteiger partial charge in [0.05, 0.1) is 8.07 Å². The maximum Gasteiger partial charge on any atom is 0.129 e. The molecule has 0 aliphatic carbocycles. The molecule has 0 nitrogen and oxygen atoms in total. The van der Waals surface area contributed by atoms with Gasteiger partial charge in [-0.1, -0.05) is 80.7 Å². The highest BCUT2D eigenvalue weighted by Gasteiger charge is 2.12. The molecule has 0 unspecified atom stereocenters. The fraction of sp³-hybridized carbons (Fsp3) is 0.412. The number of hydrogen-bond donors (Lipinski definition) is 0. The minimum absolute atomic E-state index is 1.22. The Labute approximate surface area is 121 Å². The third-order valence-corrected chi connectivity index (χ3v) is 4.54. The quantitative estimate of drug-likeness (QED) is 0.522. The van der Waals surface area contributed by atoms with Crippen LogP contribution in [-0.2, 0) is 0 Å². The van der Waals surface area contributed by atoms with E-state index in [1.54, 1.807) is 0 Å². The minimum atomic E-state index is -1.33. The molecule has 0 aliphatic heterocycles. The predicted octanol–water partition coefficient (Wildman–Crippen LogP) is 5.14. The summed E-state index contributed by atoms with van der Waals surface area (Å²) in [6, 6.07) is 8.73. The summed E-state index contributed by atoms with van der Waals surface area (Å²) in [5.41, 5.74) is 9.71. The molecule has 0 saturated heterocycles. The first-order valence-corrected chi connectivity index (χ1v) is 14.0. The van der Waals surface area contributed by atoms with Crippen LogP contribution in [-0.4, -0.2) is 16.1 Å². The van der Waals surface area contributed by atoms with Crippen molar-refractivity contribution in [2.75, 3.05) is 0 Å². The fourth-order valence-electron chi connectivity index (χ4n) is 1.61. The lowest BCUT2D eigenvalue weighted by atomic mass is 10.1. The number of allylic oxidation sites excluding steroid dienone is 1. The van der Waals surface area contributed by atoms with Gasteiger partial charge in [0, 0.05) is 5.57 Å². The first kappa shape index (κ1) is 16.0. The second kappa shape index (κ2) is 5.94. The van der Waals surface area contributed by atoms with Crippen molar-refractivity contribution in [1.29, 1.82) is 0 Å². The molecule has 0 bridgehead atoms. The molecule has 0 radical (unpaired) electrons. The second-order valence-corrected chi connectivity index (χ2v) is 17.1. The van der Waals surface area contributed by atoms with Crippen LogP contribution in [0.5, 0.6) is 0 Å². The molecule has 0 N–H and O–H groups in total. The largest absolute Gasteiger partial charge is 0.129 e. The molecule has 102 valence electrons. The Morgan fingerprint density at radius 2 is 1.47 bits per heavy atom. The zero-order valence-corrected chi connectivity index (χ0v) is 15.4. The molecule has 1 aromatic carbocycles. The molecule has 0 amide bonds. The van der Waals surface area contributed by atoms with E-state index < -0.39 is 16.1 Å². The van der Waals surface area contributed by atoms with Gasteiger partial charge in [0.1, 0.15) is 8.07 Å². The lowest BCUT2D eigenvalue weighted by molar-refractivity contribution is 1.46. The number of aryl methyl sites for hydroxylation is 1. The molecule has 0 fully saturated rings. The summed E-state index contributed by atoms with van der Waals surface area (Å²) in [4.78, 5) is 0. The van der Waals surface area contributed by atoms with Crippen molar-refractivity contribution < 1.29 is 0 Å². The molecule has 0 aliphatic rings. The summed E-state index contributed by atoms with van der Waals surface area (Å²) in [7, 11) is -2.59. The molecule has 1 rings (SSSR count). The number of benzene rings is 1. The molecular weight excluding hydrogens is 260 g/mol. The zero-order valence-electron chi connectivity index (χ0n) is 13.4. The van der Waals surface area contributed by atoms with Crippen molar-refractivity contribution in [3.8, 4) is 11.5 Å². The van der Waals surface area contributed by atoms with Crippen molar-refractivity contribution in [1.82, 2.24) is 0 Å². The highest BCUT2D eigenvalue weighted by atomic mass is 28.3. The van der Waals surface area contributed by atoms with E-state index in [-0.39, 0.29) is 0 Å². The summed E-state index contributed by atoms with van der Waals surface area (Å²) in [5.74, 6) is 3.46. The Morgan fingerprint density at radius 3 is 1.89 bits per heavy atom. The van der Waals surface area contributed by atoms with E-state index in [0.717, 1.165) is 0 Å². The maximum absolute atomic E-state index is 3.50. The van der Waals surface area contributed by atoms with Gasteiger partial charge in [-0.3, -0.25) is 0 Å². The van der Waals surface area contributed by atoms with Gasteiger partial charge in [-0.25, -0.2) is 0 Å². The molecule has 0 aromatic heterocycles. The van der Waals surface area contributed by atoms with Crippen LogP contribution < -0.4 is 0 Å². The van der Waals surface area contributed by atoms with Gasteiger partial charge in [0.2, 0.25) is 0 Å². The molecule has 0 atom stereocenters. The highest BCUT2D eigenvalue weighted by molar-refractivity contribution is 6.84. The summed E-state index contributed by atoms with van der Waals surface area (Å²) in [5, 5.41) is 0. The first-order chi connectivity index (χ1) is 8.57.